The molecule has 0 aliphatic rings. The van der Waals surface area contributed by atoms with E-state index in [0.29, 0.717) is 6.54 Å². The summed E-state index contributed by atoms with van der Waals surface area (Å²) in [4.78, 5) is 3.36. The standard InChI is InChI=1S/C14H12FNS2/c15-11-3-5-12(6-4-11)17-10-14-8-7-13(18-14)2-1-9-16/h3-8H,9-10,16H2. The van der Waals surface area contributed by atoms with Crippen molar-refractivity contribution in [2.75, 3.05) is 6.54 Å². The molecule has 2 rings (SSSR count). The number of benzene rings is 1. The first kappa shape index (κ1) is 13.2. The minimum atomic E-state index is -0.199. The van der Waals surface area contributed by atoms with E-state index in [1.54, 1.807) is 35.2 Å². The Morgan fingerprint density at radius 2 is 1.94 bits per heavy atom. The van der Waals surface area contributed by atoms with Crippen LogP contribution in [0.5, 0.6) is 0 Å². The fourth-order valence-corrected chi connectivity index (χ4v) is 3.17. The topological polar surface area (TPSA) is 26.0 Å². The molecule has 0 atom stereocenters. The molecular weight excluding hydrogens is 265 g/mol. The van der Waals surface area contributed by atoms with Crippen molar-refractivity contribution in [3.63, 3.8) is 0 Å². The van der Waals surface area contributed by atoms with Crippen LogP contribution in [-0.2, 0) is 5.75 Å². The van der Waals surface area contributed by atoms with Gasteiger partial charge < -0.3 is 5.73 Å². The summed E-state index contributed by atoms with van der Waals surface area (Å²) < 4.78 is 12.7. The molecule has 2 aromatic rings. The first-order valence-corrected chi connectivity index (χ1v) is 7.24. The number of nitrogens with two attached hydrogens (primary N) is 1. The van der Waals surface area contributed by atoms with E-state index in [-0.39, 0.29) is 5.82 Å². The third-order valence-electron chi connectivity index (χ3n) is 2.17. The van der Waals surface area contributed by atoms with Crippen molar-refractivity contribution in [2.45, 2.75) is 10.6 Å². The van der Waals surface area contributed by atoms with E-state index in [1.165, 1.54) is 17.0 Å². The highest BCUT2D eigenvalue weighted by molar-refractivity contribution is 7.98. The Hall–Kier alpha value is -1.28. The third-order valence-corrected chi connectivity index (χ3v) is 4.41. The number of thioether (sulfide) groups is 1. The van der Waals surface area contributed by atoms with Crippen LogP contribution in [0.4, 0.5) is 4.39 Å². The molecule has 1 nitrogen and oxygen atoms in total. The molecule has 0 bridgehead atoms. The van der Waals surface area contributed by atoms with Crippen LogP contribution >= 0.6 is 23.1 Å². The van der Waals surface area contributed by atoms with Crippen molar-refractivity contribution in [3.8, 4) is 11.8 Å². The molecule has 92 valence electrons. The van der Waals surface area contributed by atoms with Crippen LogP contribution in [0, 0.1) is 17.7 Å². The summed E-state index contributed by atoms with van der Waals surface area (Å²) in [5.41, 5.74) is 5.33. The molecule has 1 heterocycles. The van der Waals surface area contributed by atoms with E-state index in [1.807, 2.05) is 6.07 Å². The molecule has 0 saturated heterocycles. The molecule has 2 N–H and O–H groups in total. The zero-order valence-corrected chi connectivity index (χ0v) is 11.3. The Kier molecular flexibility index (Phi) is 4.82. The van der Waals surface area contributed by atoms with E-state index in [4.69, 9.17) is 5.73 Å². The zero-order valence-electron chi connectivity index (χ0n) is 9.65. The van der Waals surface area contributed by atoms with E-state index in [2.05, 4.69) is 17.9 Å². The first-order chi connectivity index (χ1) is 8.78. The molecule has 18 heavy (non-hydrogen) atoms. The van der Waals surface area contributed by atoms with Gasteiger partial charge in [-0.15, -0.1) is 23.1 Å². The summed E-state index contributed by atoms with van der Waals surface area (Å²) in [6, 6.07) is 10.6. The summed E-state index contributed by atoms with van der Waals surface area (Å²) in [5.74, 6) is 6.53. The Bertz CT molecular complexity index is 563. The lowest BCUT2D eigenvalue weighted by molar-refractivity contribution is 0.626. The molecule has 0 aliphatic heterocycles. The Labute approximate surface area is 114 Å². The first-order valence-electron chi connectivity index (χ1n) is 5.44. The van der Waals surface area contributed by atoms with E-state index in [9.17, 15) is 4.39 Å². The van der Waals surface area contributed by atoms with Crippen LogP contribution in [0.2, 0.25) is 0 Å². The van der Waals surface area contributed by atoms with Crippen molar-refractivity contribution < 1.29 is 4.39 Å². The third kappa shape index (κ3) is 3.88. The van der Waals surface area contributed by atoms with Crippen LogP contribution in [0.1, 0.15) is 9.75 Å². The van der Waals surface area contributed by atoms with Gasteiger partial charge >= 0.3 is 0 Å². The second-order valence-corrected chi connectivity index (χ2v) is 5.73. The van der Waals surface area contributed by atoms with Crippen molar-refractivity contribution in [2.24, 2.45) is 5.73 Å². The van der Waals surface area contributed by atoms with Gasteiger partial charge in [0.25, 0.3) is 0 Å². The maximum Gasteiger partial charge on any atom is 0.123 e. The number of rotatable bonds is 3. The van der Waals surface area contributed by atoms with E-state index >= 15 is 0 Å². The number of halogens is 1. The Morgan fingerprint density at radius 1 is 1.17 bits per heavy atom. The summed E-state index contributed by atoms with van der Waals surface area (Å²) in [7, 11) is 0. The Balaban J connectivity index is 1.94. The van der Waals surface area contributed by atoms with Gasteiger partial charge in [0.2, 0.25) is 0 Å². The lowest BCUT2D eigenvalue weighted by Gasteiger charge is -1.98. The second-order valence-electron chi connectivity index (χ2n) is 3.51. The normalized spacial score (nSPS) is 9.89. The highest BCUT2D eigenvalue weighted by Gasteiger charge is 2.00. The fraction of sp³-hybridized carbons (Fsp3) is 0.143. The summed E-state index contributed by atoms with van der Waals surface area (Å²) in [6.45, 7) is 0.386. The molecule has 0 spiro atoms. The predicted molar refractivity (Wildman–Crippen MR) is 76.2 cm³/mol. The van der Waals surface area contributed by atoms with Crippen LogP contribution in [0.25, 0.3) is 0 Å². The highest BCUT2D eigenvalue weighted by atomic mass is 32.2. The van der Waals surface area contributed by atoms with Crippen molar-refractivity contribution in [1.82, 2.24) is 0 Å². The zero-order chi connectivity index (χ0) is 12.8. The van der Waals surface area contributed by atoms with Gasteiger partial charge in [0.05, 0.1) is 11.4 Å². The molecule has 0 amide bonds. The van der Waals surface area contributed by atoms with Gasteiger partial charge in [-0.1, -0.05) is 11.8 Å². The van der Waals surface area contributed by atoms with Crippen molar-refractivity contribution in [3.05, 3.63) is 52.0 Å². The minimum absolute atomic E-state index is 0.199. The molecular formula is C14H12FNS2. The lowest BCUT2D eigenvalue weighted by atomic mass is 10.4. The van der Waals surface area contributed by atoms with Crippen LogP contribution in [0.3, 0.4) is 0 Å². The molecule has 0 aliphatic carbocycles. The fourth-order valence-electron chi connectivity index (χ4n) is 1.35. The Morgan fingerprint density at radius 3 is 2.67 bits per heavy atom. The number of hydrogen-bond donors (Lipinski definition) is 1. The molecule has 0 radical (unpaired) electrons. The maximum absolute atomic E-state index is 12.7. The summed E-state index contributed by atoms with van der Waals surface area (Å²) >= 11 is 3.36. The van der Waals surface area contributed by atoms with Crippen LogP contribution in [-0.4, -0.2) is 6.54 Å². The van der Waals surface area contributed by atoms with Gasteiger partial charge in [-0.3, -0.25) is 0 Å². The summed E-state index contributed by atoms with van der Waals surface area (Å²) in [5, 5.41) is 0. The van der Waals surface area contributed by atoms with Crippen LogP contribution < -0.4 is 5.73 Å². The molecule has 4 heteroatoms. The monoisotopic (exact) mass is 277 g/mol. The van der Waals surface area contributed by atoms with E-state index in [0.717, 1.165) is 15.5 Å². The smallest absolute Gasteiger partial charge is 0.123 e. The van der Waals surface area contributed by atoms with Gasteiger partial charge in [0.15, 0.2) is 0 Å². The lowest BCUT2D eigenvalue weighted by Crippen LogP contribution is -1.92. The van der Waals surface area contributed by atoms with Gasteiger partial charge in [-0.2, -0.15) is 0 Å². The van der Waals surface area contributed by atoms with Crippen molar-refractivity contribution in [1.29, 1.82) is 0 Å². The van der Waals surface area contributed by atoms with Crippen molar-refractivity contribution >= 4 is 23.1 Å². The number of thiophene rings is 1. The van der Waals surface area contributed by atoms with Gasteiger partial charge in [0, 0.05) is 15.5 Å². The highest BCUT2D eigenvalue weighted by Crippen LogP contribution is 2.26. The maximum atomic E-state index is 12.7. The molecule has 0 saturated carbocycles. The predicted octanol–water partition coefficient (Wildman–Crippen LogP) is 3.49. The number of hydrogen-bond acceptors (Lipinski definition) is 3. The molecule has 1 aromatic heterocycles. The van der Waals surface area contributed by atoms with E-state index < -0.39 is 0 Å². The largest absolute Gasteiger partial charge is 0.320 e. The molecule has 1 aromatic carbocycles. The molecule has 0 unspecified atom stereocenters. The molecule has 0 fully saturated rings. The van der Waals surface area contributed by atoms with Gasteiger partial charge in [-0.25, -0.2) is 4.39 Å². The SMILES string of the molecule is NCC#Cc1ccc(CSc2ccc(F)cc2)s1. The average Bonchev–Trinajstić information content (AvgIpc) is 2.84. The van der Waals surface area contributed by atoms with Gasteiger partial charge in [-0.05, 0) is 36.4 Å². The second kappa shape index (κ2) is 6.60. The van der Waals surface area contributed by atoms with Crippen LogP contribution in [0.15, 0.2) is 41.3 Å². The average molecular weight is 277 g/mol. The minimum Gasteiger partial charge on any atom is -0.320 e. The quantitative estimate of drug-likeness (QED) is 0.686. The van der Waals surface area contributed by atoms with Gasteiger partial charge in [0.1, 0.15) is 5.82 Å². The summed E-state index contributed by atoms with van der Waals surface area (Å²) in [6.07, 6.45) is 0.